The quantitative estimate of drug-likeness (QED) is 0.660. The summed E-state index contributed by atoms with van der Waals surface area (Å²) in [6.07, 6.45) is 3.78. The molecule has 2 saturated heterocycles. The topological polar surface area (TPSA) is 48.0 Å². The number of para-hydroxylation sites is 1. The van der Waals surface area contributed by atoms with Crippen LogP contribution in [0.3, 0.4) is 0 Å². The summed E-state index contributed by atoms with van der Waals surface area (Å²) in [5, 5.41) is 0. The van der Waals surface area contributed by atoms with Crippen molar-refractivity contribution in [3.8, 4) is 5.75 Å². The molecule has 1 amide bonds. The first-order valence-corrected chi connectivity index (χ1v) is 11.2. The van der Waals surface area contributed by atoms with Gasteiger partial charge in [-0.15, -0.1) is 11.3 Å². The lowest BCUT2D eigenvalue weighted by atomic mass is 9.83. The van der Waals surface area contributed by atoms with Gasteiger partial charge < -0.3 is 19.1 Å². The number of ether oxygens (including phenoxy) is 3. The molecule has 156 valence electrons. The molecule has 2 fully saturated rings. The van der Waals surface area contributed by atoms with E-state index in [0.29, 0.717) is 13.2 Å². The van der Waals surface area contributed by atoms with Crippen molar-refractivity contribution in [3.05, 3.63) is 52.2 Å². The van der Waals surface area contributed by atoms with Crippen molar-refractivity contribution in [2.75, 3.05) is 32.9 Å². The Balaban J connectivity index is 1.22. The smallest absolute Gasteiger partial charge is 0.263 e. The Morgan fingerprint density at radius 2 is 1.97 bits per heavy atom. The zero-order chi connectivity index (χ0) is 20.1. The molecule has 3 heterocycles. The van der Waals surface area contributed by atoms with Gasteiger partial charge in [0.15, 0.2) is 0 Å². The fraction of sp³-hybridized carbons (Fsp3) is 0.522. The monoisotopic (exact) mass is 415 g/mol. The molecule has 0 aliphatic carbocycles. The first kappa shape index (κ1) is 20.4. The molecule has 0 bridgehead atoms. The average Bonchev–Trinajstić information content (AvgIpc) is 3.19. The number of nitrogens with zero attached hydrogens (tertiary/aromatic N) is 1. The SMILES string of the molecule is Cc1ccc(C(=O)N2CCC3(CC2)CC(OCCOc2ccccc2)CCO3)s1. The molecule has 4 rings (SSSR count). The Kier molecular flexibility index (Phi) is 6.53. The van der Waals surface area contributed by atoms with Gasteiger partial charge in [-0.3, -0.25) is 4.79 Å². The third-order valence-electron chi connectivity index (χ3n) is 5.81. The molecule has 1 atom stereocenters. The zero-order valence-corrected chi connectivity index (χ0v) is 17.8. The molecular weight excluding hydrogens is 386 g/mol. The van der Waals surface area contributed by atoms with Crippen LogP contribution in [0.2, 0.25) is 0 Å². The van der Waals surface area contributed by atoms with Crippen molar-refractivity contribution in [1.82, 2.24) is 4.90 Å². The normalized spacial score (nSPS) is 21.3. The largest absolute Gasteiger partial charge is 0.491 e. The van der Waals surface area contributed by atoms with Crippen LogP contribution in [-0.4, -0.2) is 55.4 Å². The van der Waals surface area contributed by atoms with E-state index in [9.17, 15) is 4.79 Å². The van der Waals surface area contributed by atoms with E-state index in [1.165, 1.54) is 4.88 Å². The van der Waals surface area contributed by atoms with E-state index >= 15 is 0 Å². The van der Waals surface area contributed by atoms with Crippen molar-refractivity contribution >= 4 is 17.2 Å². The fourth-order valence-electron chi connectivity index (χ4n) is 4.19. The number of benzene rings is 1. The van der Waals surface area contributed by atoms with Crippen molar-refractivity contribution in [2.45, 2.75) is 44.3 Å². The van der Waals surface area contributed by atoms with Gasteiger partial charge in [0.05, 0.1) is 23.2 Å². The number of carbonyl (C=O) groups is 1. The number of piperidine rings is 1. The first-order valence-electron chi connectivity index (χ1n) is 10.4. The summed E-state index contributed by atoms with van der Waals surface area (Å²) >= 11 is 1.57. The van der Waals surface area contributed by atoms with Gasteiger partial charge in [0.1, 0.15) is 12.4 Å². The van der Waals surface area contributed by atoms with Crippen LogP contribution in [0.15, 0.2) is 42.5 Å². The van der Waals surface area contributed by atoms with Gasteiger partial charge >= 0.3 is 0 Å². The molecule has 1 spiro atoms. The number of rotatable bonds is 6. The highest BCUT2D eigenvalue weighted by atomic mass is 32.1. The maximum Gasteiger partial charge on any atom is 0.263 e. The van der Waals surface area contributed by atoms with Crippen molar-refractivity contribution in [2.24, 2.45) is 0 Å². The molecular formula is C23H29NO4S. The van der Waals surface area contributed by atoms with Gasteiger partial charge in [0, 0.05) is 31.0 Å². The molecule has 1 aromatic carbocycles. The summed E-state index contributed by atoms with van der Waals surface area (Å²) in [5.41, 5.74) is -0.147. The Hall–Kier alpha value is -1.89. The maximum absolute atomic E-state index is 12.7. The molecule has 0 saturated carbocycles. The van der Waals surface area contributed by atoms with Crippen molar-refractivity contribution in [3.63, 3.8) is 0 Å². The maximum atomic E-state index is 12.7. The predicted molar refractivity (Wildman–Crippen MR) is 114 cm³/mol. The summed E-state index contributed by atoms with van der Waals surface area (Å²) in [4.78, 5) is 16.7. The van der Waals surface area contributed by atoms with Crippen LogP contribution in [0.1, 0.15) is 40.2 Å². The molecule has 0 radical (unpaired) electrons. The second kappa shape index (κ2) is 9.28. The molecule has 2 aliphatic heterocycles. The molecule has 6 heteroatoms. The van der Waals surface area contributed by atoms with Crippen molar-refractivity contribution in [1.29, 1.82) is 0 Å². The lowest BCUT2D eigenvalue weighted by Crippen LogP contribution is -2.52. The number of hydrogen-bond donors (Lipinski definition) is 0. The Labute approximate surface area is 176 Å². The minimum atomic E-state index is -0.147. The summed E-state index contributed by atoms with van der Waals surface area (Å²) in [6, 6.07) is 13.8. The van der Waals surface area contributed by atoms with E-state index in [1.807, 2.05) is 54.3 Å². The number of aryl methyl sites for hydroxylation is 1. The summed E-state index contributed by atoms with van der Waals surface area (Å²) < 4.78 is 18.0. The number of amides is 1. The lowest BCUT2D eigenvalue weighted by molar-refractivity contribution is -0.153. The molecule has 1 aromatic heterocycles. The summed E-state index contributed by atoms with van der Waals surface area (Å²) in [7, 11) is 0. The molecule has 2 aliphatic rings. The van der Waals surface area contributed by atoms with Gasteiger partial charge in [0.2, 0.25) is 0 Å². The second-order valence-corrected chi connectivity index (χ2v) is 9.17. The van der Waals surface area contributed by atoms with Gasteiger partial charge in [-0.2, -0.15) is 0 Å². The van der Waals surface area contributed by atoms with Crippen LogP contribution >= 0.6 is 11.3 Å². The van der Waals surface area contributed by atoms with Gasteiger partial charge in [-0.25, -0.2) is 0 Å². The first-order chi connectivity index (χ1) is 14.1. The average molecular weight is 416 g/mol. The zero-order valence-electron chi connectivity index (χ0n) is 17.0. The van der Waals surface area contributed by atoms with Crippen LogP contribution in [0, 0.1) is 6.92 Å². The standard InChI is InChI=1S/C23H29NO4S/c1-18-7-8-21(29-18)22(25)24-12-10-23(11-13-24)17-20(9-14-28-23)27-16-15-26-19-5-3-2-4-6-19/h2-8,20H,9-17H2,1H3. The van der Waals surface area contributed by atoms with Crippen LogP contribution in [0.4, 0.5) is 0 Å². The molecule has 5 nitrogen and oxygen atoms in total. The number of carbonyl (C=O) groups excluding carboxylic acids is 1. The second-order valence-electron chi connectivity index (χ2n) is 7.88. The highest BCUT2D eigenvalue weighted by Crippen LogP contribution is 2.36. The number of likely N-dealkylation sites (tertiary alicyclic amines) is 1. The minimum absolute atomic E-state index is 0.147. The van der Waals surface area contributed by atoms with E-state index in [-0.39, 0.29) is 17.6 Å². The Bertz CT molecular complexity index is 798. The lowest BCUT2D eigenvalue weighted by Gasteiger charge is -2.46. The molecule has 1 unspecified atom stereocenters. The highest BCUT2D eigenvalue weighted by molar-refractivity contribution is 7.13. The van der Waals surface area contributed by atoms with E-state index in [4.69, 9.17) is 14.2 Å². The Morgan fingerprint density at radius 3 is 2.69 bits per heavy atom. The highest BCUT2D eigenvalue weighted by Gasteiger charge is 2.41. The molecule has 2 aromatic rings. The van der Waals surface area contributed by atoms with Gasteiger partial charge in [-0.1, -0.05) is 18.2 Å². The van der Waals surface area contributed by atoms with E-state index < -0.39 is 0 Å². The van der Waals surface area contributed by atoms with E-state index in [0.717, 1.165) is 56.0 Å². The fourth-order valence-corrected chi connectivity index (χ4v) is 5.02. The van der Waals surface area contributed by atoms with Crippen LogP contribution < -0.4 is 4.74 Å². The van der Waals surface area contributed by atoms with Gasteiger partial charge in [0.25, 0.3) is 5.91 Å². The molecule has 0 N–H and O–H groups in total. The van der Waals surface area contributed by atoms with E-state index in [1.54, 1.807) is 11.3 Å². The molecule has 29 heavy (non-hydrogen) atoms. The van der Waals surface area contributed by atoms with Crippen LogP contribution in [-0.2, 0) is 9.47 Å². The van der Waals surface area contributed by atoms with Crippen molar-refractivity contribution < 1.29 is 19.0 Å². The van der Waals surface area contributed by atoms with Crippen LogP contribution in [0.25, 0.3) is 0 Å². The van der Waals surface area contributed by atoms with E-state index in [2.05, 4.69) is 0 Å². The number of thiophene rings is 1. The minimum Gasteiger partial charge on any atom is -0.491 e. The Morgan fingerprint density at radius 1 is 1.17 bits per heavy atom. The summed E-state index contributed by atoms with van der Waals surface area (Å²) in [5.74, 6) is 1.03. The van der Waals surface area contributed by atoms with Crippen LogP contribution in [0.5, 0.6) is 5.75 Å². The van der Waals surface area contributed by atoms with Gasteiger partial charge in [-0.05, 0) is 50.5 Å². The third kappa shape index (κ3) is 5.18. The predicted octanol–water partition coefficient (Wildman–Crippen LogP) is 4.31. The third-order valence-corrected chi connectivity index (χ3v) is 6.80. The number of hydrogen-bond acceptors (Lipinski definition) is 5. The summed E-state index contributed by atoms with van der Waals surface area (Å²) in [6.45, 7) is 5.39.